The van der Waals surface area contributed by atoms with Gasteiger partial charge in [0.1, 0.15) is 11.6 Å². The van der Waals surface area contributed by atoms with Gasteiger partial charge >= 0.3 is 0 Å². The molecule has 2 rings (SSSR count). The minimum absolute atomic E-state index is 0.186. The summed E-state index contributed by atoms with van der Waals surface area (Å²) in [5.74, 6) is 0.995. The van der Waals surface area contributed by atoms with E-state index in [1.807, 2.05) is 12.1 Å². The smallest absolute Gasteiger partial charge is 0.136 e. The topological polar surface area (TPSA) is 38.9 Å². The molecular weight excluding hydrogens is 223 g/mol. The van der Waals surface area contributed by atoms with Crippen molar-refractivity contribution in [1.82, 2.24) is 4.98 Å². The summed E-state index contributed by atoms with van der Waals surface area (Å²) in [5, 5.41) is 0. The lowest BCUT2D eigenvalue weighted by Gasteiger charge is -2.03. The molecule has 2 aromatic rings. The van der Waals surface area contributed by atoms with Crippen LogP contribution in [-0.2, 0) is 5.75 Å². The molecule has 0 aliphatic heterocycles. The lowest BCUT2D eigenvalue weighted by atomic mass is 10.3. The molecule has 82 valence electrons. The summed E-state index contributed by atoms with van der Waals surface area (Å²) in [6.45, 7) is 0. The standard InChI is InChI=1S/C12H11FN2S/c13-10-3-1-2-4-11(10)16-8-9-5-6-15-12(14)7-9/h1-7H,8H2,(H2,14,15). The Bertz CT molecular complexity index is 488. The highest BCUT2D eigenvalue weighted by molar-refractivity contribution is 7.98. The zero-order chi connectivity index (χ0) is 11.4. The second-order valence-corrected chi connectivity index (χ2v) is 4.33. The van der Waals surface area contributed by atoms with Crippen molar-refractivity contribution in [3.05, 3.63) is 54.0 Å². The van der Waals surface area contributed by atoms with Gasteiger partial charge < -0.3 is 5.73 Å². The van der Waals surface area contributed by atoms with Crippen molar-refractivity contribution in [2.45, 2.75) is 10.6 Å². The van der Waals surface area contributed by atoms with Crippen molar-refractivity contribution in [1.29, 1.82) is 0 Å². The minimum Gasteiger partial charge on any atom is -0.384 e. The summed E-state index contributed by atoms with van der Waals surface area (Å²) in [6.07, 6.45) is 1.66. The molecule has 2 nitrogen and oxygen atoms in total. The van der Waals surface area contributed by atoms with Crippen molar-refractivity contribution < 1.29 is 4.39 Å². The number of benzene rings is 1. The largest absolute Gasteiger partial charge is 0.384 e. The summed E-state index contributed by atoms with van der Waals surface area (Å²) < 4.78 is 13.3. The van der Waals surface area contributed by atoms with E-state index in [4.69, 9.17) is 5.73 Å². The van der Waals surface area contributed by atoms with Crippen LogP contribution in [0.4, 0.5) is 10.2 Å². The quantitative estimate of drug-likeness (QED) is 0.829. The molecule has 0 aliphatic rings. The molecule has 1 heterocycles. The van der Waals surface area contributed by atoms with E-state index >= 15 is 0 Å². The number of nitrogens with two attached hydrogens (primary N) is 1. The second-order valence-electron chi connectivity index (χ2n) is 3.31. The van der Waals surface area contributed by atoms with Crippen LogP contribution in [-0.4, -0.2) is 4.98 Å². The maximum Gasteiger partial charge on any atom is 0.136 e. The van der Waals surface area contributed by atoms with Gasteiger partial charge in [0.05, 0.1) is 0 Å². The molecule has 0 spiro atoms. The van der Waals surface area contributed by atoms with E-state index in [2.05, 4.69) is 4.98 Å². The fourth-order valence-electron chi connectivity index (χ4n) is 1.31. The van der Waals surface area contributed by atoms with Crippen molar-refractivity contribution >= 4 is 17.6 Å². The number of halogens is 1. The molecule has 4 heteroatoms. The molecule has 16 heavy (non-hydrogen) atoms. The van der Waals surface area contributed by atoms with Crippen LogP contribution in [0.2, 0.25) is 0 Å². The number of nitrogens with zero attached hydrogens (tertiary/aromatic N) is 1. The normalized spacial score (nSPS) is 10.3. The number of anilines is 1. The molecule has 0 aliphatic carbocycles. The summed E-state index contributed by atoms with van der Waals surface area (Å²) in [6, 6.07) is 10.4. The van der Waals surface area contributed by atoms with Gasteiger partial charge in [-0.3, -0.25) is 0 Å². The zero-order valence-electron chi connectivity index (χ0n) is 8.56. The molecule has 0 saturated carbocycles. The molecule has 1 aromatic heterocycles. The summed E-state index contributed by atoms with van der Waals surface area (Å²) in [5.41, 5.74) is 6.61. The fourth-order valence-corrected chi connectivity index (χ4v) is 2.19. The SMILES string of the molecule is Nc1cc(CSc2ccccc2F)ccn1. The first-order chi connectivity index (χ1) is 7.75. The van der Waals surface area contributed by atoms with Gasteiger partial charge in [-0.2, -0.15) is 0 Å². The van der Waals surface area contributed by atoms with Crippen molar-refractivity contribution in [3.8, 4) is 0 Å². The third kappa shape index (κ3) is 2.73. The summed E-state index contributed by atoms with van der Waals surface area (Å²) >= 11 is 1.45. The van der Waals surface area contributed by atoms with Crippen LogP contribution in [0.1, 0.15) is 5.56 Å². The second kappa shape index (κ2) is 4.99. The highest BCUT2D eigenvalue weighted by atomic mass is 32.2. The zero-order valence-corrected chi connectivity index (χ0v) is 9.38. The monoisotopic (exact) mass is 234 g/mol. The van der Waals surface area contributed by atoms with Gasteiger partial charge in [0.2, 0.25) is 0 Å². The van der Waals surface area contributed by atoms with Gasteiger partial charge in [-0.05, 0) is 29.8 Å². The van der Waals surface area contributed by atoms with Crippen LogP contribution in [0.15, 0.2) is 47.5 Å². The van der Waals surface area contributed by atoms with Gasteiger partial charge in [-0.1, -0.05) is 12.1 Å². The fraction of sp³-hybridized carbons (Fsp3) is 0.0833. The molecule has 0 saturated heterocycles. The molecule has 0 unspecified atom stereocenters. The molecule has 0 fully saturated rings. The molecule has 0 bridgehead atoms. The predicted octanol–water partition coefficient (Wildman–Crippen LogP) is 3.10. The molecule has 1 aromatic carbocycles. The number of hydrogen-bond acceptors (Lipinski definition) is 3. The van der Waals surface area contributed by atoms with Gasteiger partial charge in [0.15, 0.2) is 0 Å². The van der Waals surface area contributed by atoms with Crippen LogP contribution < -0.4 is 5.73 Å². The minimum atomic E-state index is -0.186. The number of thioether (sulfide) groups is 1. The Kier molecular flexibility index (Phi) is 3.41. The van der Waals surface area contributed by atoms with E-state index in [-0.39, 0.29) is 5.82 Å². The predicted molar refractivity (Wildman–Crippen MR) is 64.6 cm³/mol. The molecule has 0 atom stereocenters. The lowest BCUT2D eigenvalue weighted by molar-refractivity contribution is 0.602. The molecule has 0 amide bonds. The Morgan fingerprint density at radius 1 is 1.25 bits per heavy atom. The molecule has 0 radical (unpaired) electrons. The van der Waals surface area contributed by atoms with Crippen LogP contribution in [0, 0.1) is 5.82 Å². The van der Waals surface area contributed by atoms with Gasteiger partial charge in [0, 0.05) is 16.8 Å². The van der Waals surface area contributed by atoms with Gasteiger partial charge in [0.25, 0.3) is 0 Å². The number of pyridine rings is 1. The van der Waals surface area contributed by atoms with E-state index in [0.717, 1.165) is 5.56 Å². The Hall–Kier alpha value is -1.55. The van der Waals surface area contributed by atoms with E-state index < -0.39 is 0 Å². The van der Waals surface area contributed by atoms with E-state index in [9.17, 15) is 4.39 Å². The van der Waals surface area contributed by atoms with Crippen LogP contribution in [0.25, 0.3) is 0 Å². The third-order valence-electron chi connectivity index (χ3n) is 2.08. The average molecular weight is 234 g/mol. The van der Waals surface area contributed by atoms with E-state index in [1.54, 1.807) is 24.4 Å². The first kappa shape index (κ1) is 11.0. The molecule has 2 N–H and O–H groups in total. The Labute approximate surface area is 97.7 Å². The Morgan fingerprint density at radius 2 is 2.06 bits per heavy atom. The van der Waals surface area contributed by atoms with Gasteiger partial charge in [-0.15, -0.1) is 11.8 Å². The maximum atomic E-state index is 13.3. The average Bonchev–Trinajstić information content (AvgIpc) is 2.28. The third-order valence-corrected chi connectivity index (χ3v) is 3.20. The van der Waals surface area contributed by atoms with Crippen molar-refractivity contribution in [3.63, 3.8) is 0 Å². The lowest BCUT2D eigenvalue weighted by Crippen LogP contribution is -1.91. The van der Waals surface area contributed by atoms with Crippen LogP contribution in [0.5, 0.6) is 0 Å². The number of nitrogen functional groups attached to an aromatic ring is 1. The number of rotatable bonds is 3. The van der Waals surface area contributed by atoms with Crippen LogP contribution in [0.3, 0.4) is 0 Å². The van der Waals surface area contributed by atoms with Crippen molar-refractivity contribution in [2.24, 2.45) is 0 Å². The first-order valence-electron chi connectivity index (χ1n) is 4.83. The number of hydrogen-bond donors (Lipinski definition) is 1. The van der Waals surface area contributed by atoms with Crippen molar-refractivity contribution in [2.75, 3.05) is 5.73 Å². The Morgan fingerprint density at radius 3 is 2.81 bits per heavy atom. The van der Waals surface area contributed by atoms with E-state index in [0.29, 0.717) is 16.5 Å². The highest BCUT2D eigenvalue weighted by Gasteiger charge is 2.02. The maximum absolute atomic E-state index is 13.3. The Balaban J connectivity index is 2.05. The van der Waals surface area contributed by atoms with Gasteiger partial charge in [-0.25, -0.2) is 9.37 Å². The highest BCUT2D eigenvalue weighted by Crippen LogP contribution is 2.25. The van der Waals surface area contributed by atoms with E-state index in [1.165, 1.54) is 17.8 Å². The summed E-state index contributed by atoms with van der Waals surface area (Å²) in [7, 11) is 0. The summed E-state index contributed by atoms with van der Waals surface area (Å²) in [4.78, 5) is 4.56. The molecular formula is C12H11FN2S. The first-order valence-corrected chi connectivity index (χ1v) is 5.82. The number of aromatic nitrogens is 1. The van der Waals surface area contributed by atoms with Crippen LogP contribution >= 0.6 is 11.8 Å².